The van der Waals surface area contributed by atoms with E-state index in [2.05, 4.69) is 39.5 Å². The Bertz CT molecular complexity index is 1080. The molecule has 0 amide bonds. The smallest absolute Gasteiger partial charge is 0.330 e. The molecule has 0 spiro atoms. The van der Waals surface area contributed by atoms with E-state index in [4.69, 9.17) is 61.6 Å². The summed E-state index contributed by atoms with van der Waals surface area (Å²) in [5.41, 5.74) is -2.20. The molecule has 0 saturated carbocycles. The topological polar surface area (TPSA) is 222 Å². The number of rotatable bonds is 40. The zero-order valence-corrected chi connectivity index (χ0v) is 33.6. The van der Waals surface area contributed by atoms with Crippen molar-refractivity contribution in [3.05, 3.63) is 75.9 Å². The number of ether oxygens (including phenoxy) is 13. The molecule has 0 N–H and O–H groups in total. The molecule has 0 unspecified atom stereocenters. The lowest BCUT2D eigenvalue weighted by atomic mass is 9.90. The fourth-order valence-electron chi connectivity index (χ4n) is 4.28. The molecule has 0 bridgehead atoms. The van der Waals surface area contributed by atoms with Gasteiger partial charge < -0.3 is 61.6 Å². The Hall–Kier alpha value is -5.02. The Labute approximate surface area is 344 Å². The van der Waals surface area contributed by atoms with E-state index in [1.54, 1.807) is 0 Å². The molecule has 0 heterocycles. The third kappa shape index (κ3) is 28.9. The van der Waals surface area contributed by atoms with Gasteiger partial charge in [-0.25, -0.2) is 28.8 Å². The Morgan fingerprint density at radius 1 is 0.271 bits per heavy atom. The minimum atomic E-state index is -1.10. The fourth-order valence-corrected chi connectivity index (χ4v) is 4.28. The zero-order valence-electron chi connectivity index (χ0n) is 33.6. The van der Waals surface area contributed by atoms with Crippen LogP contribution in [0.2, 0.25) is 0 Å². The number of hydrogen-bond donors (Lipinski definition) is 0. The molecular weight excluding hydrogens is 784 g/mol. The number of carbonyl (C=O) groups is 6. The highest BCUT2D eigenvalue weighted by Gasteiger charge is 2.37. The Morgan fingerprint density at radius 2 is 0.424 bits per heavy atom. The van der Waals surface area contributed by atoms with Crippen LogP contribution >= 0.6 is 0 Å². The number of hydrogen-bond acceptors (Lipinski definition) is 19. The SMILES string of the molecule is C=CC(=O)OCCOCC(COCCOC(=O)C=C)(COCCOC(=O)C=C)COCC(COCCOC(=O)C=C)(COCCOC(=O)C=C)COCCOC(=O)C=C. The summed E-state index contributed by atoms with van der Waals surface area (Å²) < 4.78 is 71.9. The fraction of sp³-hybridized carbons (Fsp3) is 0.550. The van der Waals surface area contributed by atoms with Crippen LogP contribution < -0.4 is 0 Å². The van der Waals surface area contributed by atoms with Gasteiger partial charge in [-0.3, -0.25) is 0 Å². The largest absolute Gasteiger partial charge is 0.460 e. The van der Waals surface area contributed by atoms with Crippen LogP contribution in [0.15, 0.2) is 75.9 Å². The maximum Gasteiger partial charge on any atom is 0.330 e. The second-order valence-electron chi connectivity index (χ2n) is 12.0. The average molecular weight is 843 g/mol. The molecule has 19 nitrogen and oxygen atoms in total. The number of carbonyl (C=O) groups excluding carboxylic acids is 6. The van der Waals surface area contributed by atoms with Gasteiger partial charge in [0, 0.05) is 36.5 Å². The van der Waals surface area contributed by atoms with Gasteiger partial charge >= 0.3 is 35.8 Å². The zero-order chi connectivity index (χ0) is 44.0. The van der Waals surface area contributed by atoms with Crippen molar-refractivity contribution >= 4 is 35.8 Å². The summed E-state index contributed by atoms with van der Waals surface area (Å²) in [5, 5.41) is 0. The molecule has 59 heavy (non-hydrogen) atoms. The van der Waals surface area contributed by atoms with Crippen molar-refractivity contribution in [2.24, 2.45) is 10.8 Å². The molecule has 0 aliphatic heterocycles. The van der Waals surface area contributed by atoms with Crippen molar-refractivity contribution in [1.29, 1.82) is 0 Å². The Balaban J connectivity index is 6.43. The van der Waals surface area contributed by atoms with Gasteiger partial charge in [0.2, 0.25) is 0 Å². The summed E-state index contributed by atoms with van der Waals surface area (Å²) in [6, 6.07) is 0. The third-order valence-corrected chi connectivity index (χ3v) is 7.10. The third-order valence-electron chi connectivity index (χ3n) is 7.10. The summed E-state index contributed by atoms with van der Waals surface area (Å²) in [5.74, 6) is -3.85. The van der Waals surface area contributed by atoms with E-state index in [1.807, 2.05) is 0 Å². The quantitative estimate of drug-likeness (QED) is 0.0369. The molecule has 0 rings (SSSR count). The van der Waals surface area contributed by atoms with E-state index in [1.165, 1.54) is 0 Å². The van der Waals surface area contributed by atoms with Gasteiger partial charge in [-0.15, -0.1) is 0 Å². The highest BCUT2D eigenvalue weighted by Crippen LogP contribution is 2.25. The van der Waals surface area contributed by atoms with E-state index in [0.717, 1.165) is 36.5 Å². The first kappa shape index (κ1) is 54.0. The highest BCUT2D eigenvalue weighted by molar-refractivity contribution is 5.82. The van der Waals surface area contributed by atoms with Crippen LogP contribution in [-0.2, 0) is 90.3 Å². The molecule has 0 aliphatic rings. The summed E-state index contributed by atoms with van der Waals surface area (Å²) >= 11 is 0. The summed E-state index contributed by atoms with van der Waals surface area (Å²) in [7, 11) is 0. The first-order valence-corrected chi connectivity index (χ1v) is 18.2. The molecule has 0 aromatic heterocycles. The molecule has 0 aliphatic carbocycles. The first-order valence-electron chi connectivity index (χ1n) is 18.2. The van der Waals surface area contributed by atoms with Crippen molar-refractivity contribution in [2.45, 2.75) is 0 Å². The van der Waals surface area contributed by atoms with E-state index < -0.39 is 46.6 Å². The van der Waals surface area contributed by atoms with Crippen molar-refractivity contribution in [1.82, 2.24) is 0 Å². The van der Waals surface area contributed by atoms with E-state index in [9.17, 15) is 28.8 Å². The normalized spacial score (nSPS) is 11.0. The highest BCUT2D eigenvalue weighted by atomic mass is 16.6. The summed E-state index contributed by atoms with van der Waals surface area (Å²) in [4.78, 5) is 69.4. The van der Waals surface area contributed by atoms with Gasteiger partial charge in [0.15, 0.2) is 0 Å². The van der Waals surface area contributed by atoms with Crippen LogP contribution in [0, 0.1) is 10.8 Å². The maximum atomic E-state index is 11.6. The van der Waals surface area contributed by atoms with E-state index in [-0.39, 0.29) is 132 Å². The van der Waals surface area contributed by atoms with Crippen LogP contribution in [0.5, 0.6) is 0 Å². The summed E-state index contributed by atoms with van der Waals surface area (Å²) in [6.45, 7) is 18.7. The Morgan fingerprint density at radius 3 is 0.576 bits per heavy atom. The predicted octanol–water partition coefficient (Wildman–Crippen LogP) is 1.45. The van der Waals surface area contributed by atoms with Crippen LogP contribution in [0.4, 0.5) is 0 Å². The van der Waals surface area contributed by atoms with Crippen molar-refractivity contribution < 1.29 is 90.3 Å². The second-order valence-corrected chi connectivity index (χ2v) is 12.0. The van der Waals surface area contributed by atoms with Gasteiger partial charge in [-0.2, -0.15) is 0 Å². The van der Waals surface area contributed by atoms with Gasteiger partial charge in [0.1, 0.15) is 39.6 Å². The van der Waals surface area contributed by atoms with Crippen molar-refractivity contribution in [3.8, 4) is 0 Å². The van der Waals surface area contributed by atoms with Crippen LogP contribution in [-0.4, -0.2) is 168 Å². The monoisotopic (exact) mass is 842 g/mol. The van der Waals surface area contributed by atoms with E-state index >= 15 is 0 Å². The van der Waals surface area contributed by atoms with Crippen LogP contribution in [0.3, 0.4) is 0 Å². The lowest BCUT2D eigenvalue weighted by Gasteiger charge is -2.36. The molecule has 0 atom stereocenters. The summed E-state index contributed by atoms with van der Waals surface area (Å²) in [6.07, 6.45) is 6.07. The molecule has 332 valence electrons. The molecule has 0 fully saturated rings. The lowest BCUT2D eigenvalue weighted by Crippen LogP contribution is -2.46. The van der Waals surface area contributed by atoms with Crippen LogP contribution in [0.25, 0.3) is 0 Å². The molecule has 19 heteroatoms. The van der Waals surface area contributed by atoms with E-state index in [0.29, 0.717) is 0 Å². The first-order chi connectivity index (χ1) is 28.4. The molecular formula is C40H58O19. The minimum Gasteiger partial charge on any atom is -0.460 e. The Kier molecular flexibility index (Phi) is 32.0. The average Bonchev–Trinajstić information content (AvgIpc) is 3.24. The molecule has 0 aromatic carbocycles. The van der Waals surface area contributed by atoms with Gasteiger partial charge in [-0.1, -0.05) is 39.5 Å². The maximum absolute atomic E-state index is 11.6. The number of esters is 6. The standard InChI is InChI=1S/C40H58O19/c1-7-33(41)54-19-13-47-25-39(26-48-14-20-55-34(42)8-2,27-49-15-21-56-35(43)9-3)31-53-32-40(28-50-16-22-57-36(44)10-4,29-51-17-23-58-37(45)11-5)30-52-18-24-59-38(46)12-6/h7-12H,1-6,13-32H2. The predicted molar refractivity (Wildman–Crippen MR) is 208 cm³/mol. The minimum absolute atomic E-state index is 0.0298. The van der Waals surface area contributed by atoms with Gasteiger partial charge in [0.25, 0.3) is 0 Å². The molecule has 0 radical (unpaired) electrons. The van der Waals surface area contributed by atoms with Gasteiger partial charge in [-0.05, 0) is 0 Å². The molecule has 0 saturated heterocycles. The lowest BCUT2D eigenvalue weighted by molar-refractivity contribution is -0.157. The van der Waals surface area contributed by atoms with Gasteiger partial charge in [0.05, 0.1) is 103 Å². The second kappa shape index (κ2) is 35.0. The van der Waals surface area contributed by atoms with Crippen LogP contribution in [0.1, 0.15) is 0 Å². The van der Waals surface area contributed by atoms with Crippen molar-refractivity contribution in [2.75, 3.05) is 132 Å². The van der Waals surface area contributed by atoms with Crippen molar-refractivity contribution in [3.63, 3.8) is 0 Å². The molecule has 0 aromatic rings.